The van der Waals surface area contributed by atoms with Crippen LogP contribution in [0.15, 0.2) is 36.9 Å². The molecule has 1 aromatic carbocycles. The molecule has 176 valence electrons. The number of ether oxygens (including phenoxy) is 1. The van der Waals surface area contributed by atoms with E-state index in [4.69, 9.17) is 22.8 Å². The summed E-state index contributed by atoms with van der Waals surface area (Å²) >= 11 is 0. The number of allylic oxidation sites excluding steroid dienone is 1. The molecule has 0 bridgehead atoms. The number of hydrogen-bond donors (Lipinski definition) is 0. The van der Waals surface area contributed by atoms with Crippen LogP contribution in [0.3, 0.4) is 0 Å². The van der Waals surface area contributed by atoms with Crippen molar-refractivity contribution in [2.24, 2.45) is 0 Å². The van der Waals surface area contributed by atoms with Crippen LogP contribution in [0.25, 0.3) is 0 Å². The fraction of sp³-hybridized carbons (Fsp3) is 0.571. The molecule has 0 heterocycles. The highest BCUT2D eigenvalue weighted by Gasteiger charge is 2.50. The van der Waals surface area contributed by atoms with E-state index in [0.717, 1.165) is 0 Å². The van der Waals surface area contributed by atoms with Crippen LogP contribution in [0.5, 0.6) is 5.75 Å². The van der Waals surface area contributed by atoms with Gasteiger partial charge in [-0.15, -0.1) is 0 Å². The van der Waals surface area contributed by atoms with E-state index in [1.807, 2.05) is 0 Å². The fourth-order valence-corrected chi connectivity index (χ4v) is 8.38. The van der Waals surface area contributed by atoms with E-state index in [-0.39, 0.29) is 45.2 Å². The normalized spacial score (nSPS) is 12.2. The summed E-state index contributed by atoms with van der Waals surface area (Å²) in [4.78, 5) is 11.6. The molecule has 1 aromatic rings. The van der Waals surface area contributed by atoms with E-state index in [1.165, 1.54) is 6.08 Å². The summed E-state index contributed by atoms with van der Waals surface area (Å²) in [6.07, 6.45) is 1.86. The van der Waals surface area contributed by atoms with Gasteiger partial charge in [0.25, 0.3) is 0 Å². The zero-order valence-corrected chi connectivity index (χ0v) is 20.6. The third-order valence-electron chi connectivity index (χ3n) is 4.17. The van der Waals surface area contributed by atoms with Gasteiger partial charge in [-0.05, 0) is 70.9 Å². The second kappa shape index (κ2) is 14.0. The van der Waals surface area contributed by atoms with Crippen LogP contribution in [0.1, 0.15) is 50.9 Å². The van der Waals surface area contributed by atoms with E-state index in [2.05, 4.69) is 6.58 Å². The largest absolute Gasteiger partial charge is 0.494 e. The van der Waals surface area contributed by atoms with Crippen LogP contribution < -0.4 is 4.74 Å². The predicted molar refractivity (Wildman–Crippen MR) is 121 cm³/mol. The van der Waals surface area contributed by atoms with Gasteiger partial charge < -0.3 is 22.8 Å². The minimum absolute atomic E-state index is 0.137. The molecule has 0 radical (unpaired) electrons. The summed E-state index contributed by atoms with van der Waals surface area (Å²) in [7, 11) is -7.52. The van der Waals surface area contributed by atoms with Crippen LogP contribution in [-0.2, 0) is 27.2 Å². The van der Waals surface area contributed by atoms with Crippen molar-refractivity contribution in [2.75, 3.05) is 33.0 Å². The van der Waals surface area contributed by atoms with Gasteiger partial charge in [0.05, 0.1) is 33.0 Å². The van der Waals surface area contributed by atoms with Crippen molar-refractivity contribution in [3.63, 3.8) is 0 Å². The molecule has 0 atom stereocenters. The zero-order valence-electron chi connectivity index (χ0n) is 18.8. The molecular formula is C21H34O8P2. The monoisotopic (exact) mass is 476 g/mol. The molecule has 0 saturated carbocycles. The summed E-state index contributed by atoms with van der Waals surface area (Å²) in [6, 6.07) is 6.67. The summed E-state index contributed by atoms with van der Waals surface area (Å²) in [5.74, 6) is 0.410. The van der Waals surface area contributed by atoms with E-state index in [0.29, 0.717) is 17.7 Å². The standard InChI is InChI=1S/C21H34O8P2/c1-6-20(22)18-13-15-19(16-14-18)25-17-11-12-21(30(23,26-7-2)27-8-3)31(24,28-9-4)29-10-5/h6,13-16,21H,1,7-12,17H2,2-5H3. The average Bonchev–Trinajstić information content (AvgIpc) is 2.74. The van der Waals surface area contributed by atoms with E-state index in [1.54, 1.807) is 52.0 Å². The Balaban J connectivity index is 2.92. The van der Waals surface area contributed by atoms with Crippen LogP contribution in [0.2, 0.25) is 0 Å². The Kier molecular flexibility index (Phi) is 12.5. The van der Waals surface area contributed by atoms with Gasteiger partial charge in [-0.2, -0.15) is 0 Å². The molecule has 0 aliphatic rings. The maximum absolute atomic E-state index is 13.4. The number of ketones is 1. The Morgan fingerprint density at radius 3 is 1.74 bits per heavy atom. The second-order valence-electron chi connectivity index (χ2n) is 6.31. The maximum Gasteiger partial charge on any atom is 0.345 e. The topological polar surface area (TPSA) is 97.4 Å². The minimum Gasteiger partial charge on any atom is -0.494 e. The van der Waals surface area contributed by atoms with Crippen molar-refractivity contribution in [1.82, 2.24) is 0 Å². The minimum atomic E-state index is -3.76. The van der Waals surface area contributed by atoms with E-state index in [9.17, 15) is 13.9 Å². The lowest BCUT2D eigenvalue weighted by molar-refractivity contribution is 0.104. The van der Waals surface area contributed by atoms with Gasteiger partial charge in [0.15, 0.2) is 11.2 Å². The molecule has 0 amide bonds. The maximum atomic E-state index is 13.4. The lowest BCUT2D eigenvalue weighted by Crippen LogP contribution is -2.18. The van der Waals surface area contributed by atoms with Crippen LogP contribution in [0.4, 0.5) is 0 Å². The lowest BCUT2D eigenvalue weighted by Gasteiger charge is -2.31. The van der Waals surface area contributed by atoms with Gasteiger partial charge in [0.2, 0.25) is 0 Å². The zero-order chi connectivity index (χ0) is 23.3. The molecule has 0 saturated heterocycles. The van der Waals surface area contributed by atoms with Crippen molar-refractivity contribution < 1.29 is 36.8 Å². The van der Waals surface area contributed by atoms with E-state index >= 15 is 0 Å². The third-order valence-corrected chi connectivity index (χ3v) is 10.3. The third kappa shape index (κ3) is 8.30. The quantitative estimate of drug-likeness (QED) is 0.116. The second-order valence-corrected chi connectivity index (χ2v) is 11.2. The molecule has 0 aromatic heterocycles. The Morgan fingerprint density at radius 1 is 0.903 bits per heavy atom. The highest BCUT2D eigenvalue weighted by molar-refractivity contribution is 7.72. The molecule has 0 N–H and O–H groups in total. The van der Waals surface area contributed by atoms with Crippen molar-refractivity contribution in [3.05, 3.63) is 42.5 Å². The molecule has 0 unspecified atom stereocenters. The number of hydrogen-bond acceptors (Lipinski definition) is 8. The van der Waals surface area contributed by atoms with Crippen LogP contribution in [0, 0.1) is 0 Å². The predicted octanol–water partition coefficient (Wildman–Crippen LogP) is 6.07. The highest BCUT2D eigenvalue weighted by Crippen LogP contribution is 2.71. The van der Waals surface area contributed by atoms with Gasteiger partial charge in [-0.1, -0.05) is 6.58 Å². The van der Waals surface area contributed by atoms with Crippen molar-refractivity contribution in [2.45, 2.75) is 45.9 Å². The first-order valence-electron chi connectivity index (χ1n) is 10.5. The Bertz CT molecular complexity index is 728. The smallest absolute Gasteiger partial charge is 0.345 e. The van der Waals surface area contributed by atoms with Crippen molar-refractivity contribution >= 4 is 21.0 Å². The summed E-state index contributed by atoms with van der Waals surface area (Å²) in [5.41, 5.74) is 0.520. The molecule has 8 nitrogen and oxygen atoms in total. The van der Waals surface area contributed by atoms with Gasteiger partial charge in [-0.3, -0.25) is 13.9 Å². The Hall–Kier alpha value is -1.27. The number of carbonyl (C=O) groups is 1. The number of rotatable bonds is 17. The molecule has 10 heteroatoms. The Morgan fingerprint density at radius 2 is 1.35 bits per heavy atom. The van der Waals surface area contributed by atoms with Crippen molar-refractivity contribution in [3.8, 4) is 5.75 Å². The molecule has 0 fully saturated rings. The molecule has 0 aliphatic heterocycles. The summed E-state index contributed by atoms with van der Waals surface area (Å²) < 4.78 is 54.4. The highest BCUT2D eigenvalue weighted by atomic mass is 31.2. The van der Waals surface area contributed by atoms with Gasteiger partial charge >= 0.3 is 15.2 Å². The summed E-state index contributed by atoms with van der Waals surface area (Å²) in [6.45, 7) is 11.0. The lowest BCUT2D eigenvalue weighted by atomic mass is 10.1. The van der Waals surface area contributed by atoms with Crippen molar-refractivity contribution in [1.29, 1.82) is 0 Å². The van der Waals surface area contributed by atoms with Gasteiger partial charge in [0.1, 0.15) is 5.75 Å². The van der Waals surface area contributed by atoms with E-state index < -0.39 is 20.6 Å². The molecule has 0 spiro atoms. The van der Waals surface area contributed by atoms with Gasteiger partial charge in [0, 0.05) is 5.56 Å². The first-order chi connectivity index (χ1) is 14.8. The van der Waals surface area contributed by atoms with Gasteiger partial charge in [-0.25, -0.2) is 0 Å². The average molecular weight is 476 g/mol. The molecule has 0 aliphatic carbocycles. The molecule has 1 rings (SSSR count). The first kappa shape index (κ1) is 27.8. The summed E-state index contributed by atoms with van der Waals surface area (Å²) in [5, 5.41) is -1.06. The first-order valence-corrected chi connectivity index (χ1v) is 13.7. The number of carbonyl (C=O) groups excluding carboxylic acids is 1. The Labute approximate surface area is 185 Å². The molecule has 31 heavy (non-hydrogen) atoms. The van der Waals surface area contributed by atoms with Crippen LogP contribution >= 0.6 is 15.2 Å². The fourth-order valence-electron chi connectivity index (χ4n) is 2.92. The SMILES string of the molecule is C=CC(=O)c1ccc(OCCCC(P(=O)(OCC)OCC)P(=O)(OCC)OCC)cc1. The number of benzene rings is 1. The molecular weight excluding hydrogens is 442 g/mol. The van der Waals surface area contributed by atoms with Crippen LogP contribution in [-0.4, -0.2) is 44.2 Å².